The Balaban J connectivity index is 1.62. The molecule has 0 aliphatic carbocycles. The second-order valence-corrected chi connectivity index (χ2v) is 6.97. The van der Waals surface area contributed by atoms with Gasteiger partial charge in [-0.2, -0.15) is 0 Å². The predicted molar refractivity (Wildman–Crippen MR) is 106 cm³/mol. The molecule has 0 atom stereocenters. The molecule has 0 unspecified atom stereocenters. The Morgan fingerprint density at radius 1 is 1.15 bits per heavy atom. The molecule has 0 N–H and O–H groups in total. The Morgan fingerprint density at radius 2 is 2.00 bits per heavy atom. The lowest BCUT2D eigenvalue weighted by atomic mass is 10.2. The molecule has 26 heavy (non-hydrogen) atoms. The van der Waals surface area contributed by atoms with Crippen LogP contribution in [0.4, 0.5) is 0 Å². The molecule has 127 valence electrons. The summed E-state index contributed by atoms with van der Waals surface area (Å²) in [6.07, 6.45) is 10.3. The van der Waals surface area contributed by atoms with Gasteiger partial charge in [-0.1, -0.05) is 43.4 Å². The van der Waals surface area contributed by atoms with Gasteiger partial charge in [0.1, 0.15) is 11.9 Å². The summed E-state index contributed by atoms with van der Waals surface area (Å²) in [7, 11) is 0. The maximum Gasteiger partial charge on any atom is 0.159 e. The van der Waals surface area contributed by atoms with Crippen LogP contribution in [0.3, 0.4) is 0 Å². The number of thiophene rings is 1. The predicted octanol–water partition coefficient (Wildman–Crippen LogP) is 5.00. The fourth-order valence-electron chi connectivity index (χ4n) is 2.73. The average Bonchev–Trinajstić information content (AvgIpc) is 3.32. The summed E-state index contributed by atoms with van der Waals surface area (Å²) in [6.45, 7) is 2.19. The van der Waals surface area contributed by atoms with Crippen molar-refractivity contribution in [2.45, 2.75) is 26.2 Å². The van der Waals surface area contributed by atoms with Gasteiger partial charge < -0.3 is 0 Å². The highest BCUT2D eigenvalue weighted by Crippen LogP contribution is 2.26. The molecule has 4 aromatic rings. The number of fused-ring (bicyclic) bond motifs is 1. The van der Waals surface area contributed by atoms with Gasteiger partial charge in [0, 0.05) is 28.9 Å². The number of benzene rings is 1. The normalized spacial score (nSPS) is 10.7. The molecule has 0 fully saturated rings. The second-order valence-electron chi connectivity index (χ2n) is 6.06. The summed E-state index contributed by atoms with van der Waals surface area (Å²) in [6, 6.07) is 12.1. The molecule has 0 spiro atoms. The molecule has 0 saturated carbocycles. The highest BCUT2D eigenvalue weighted by molar-refractivity contribution is 7.13. The Morgan fingerprint density at radius 3 is 2.85 bits per heavy atom. The minimum atomic E-state index is 0.855. The van der Waals surface area contributed by atoms with E-state index < -0.39 is 0 Å². The van der Waals surface area contributed by atoms with E-state index in [4.69, 9.17) is 4.98 Å². The number of hydrogen-bond donors (Lipinski definition) is 0. The van der Waals surface area contributed by atoms with Crippen molar-refractivity contribution in [1.82, 2.24) is 14.4 Å². The smallest absolute Gasteiger partial charge is 0.159 e. The molecule has 0 aliphatic heterocycles. The molecule has 3 nitrogen and oxygen atoms in total. The van der Waals surface area contributed by atoms with Crippen LogP contribution in [0.25, 0.3) is 16.2 Å². The van der Waals surface area contributed by atoms with E-state index in [0.29, 0.717) is 0 Å². The number of imidazole rings is 1. The quantitative estimate of drug-likeness (QED) is 0.482. The summed E-state index contributed by atoms with van der Waals surface area (Å²) in [4.78, 5) is 10.3. The lowest BCUT2D eigenvalue weighted by Gasteiger charge is -2.00. The first-order valence-corrected chi connectivity index (χ1v) is 9.62. The third-order valence-corrected chi connectivity index (χ3v) is 5.04. The summed E-state index contributed by atoms with van der Waals surface area (Å²) < 4.78 is 1.95. The van der Waals surface area contributed by atoms with Gasteiger partial charge in [-0.25, -0.2) is 4.98 Å². The Kier molecular flexibility index (Phi) is 4.81. The van der Waals surface area contributed by atoms with Crippen LogP contribution in [-0.4, -0.2) is 14.4 Å². The van der Waals surface area contributed by atoms with Gasteiger partial charge in [0.25, 0.3) is 0 Å². The number of unbranched alkanes of at least 4 members (excludes halogenated alkanes) is 1. The van der Waals surface area contributed by atoms with E-state index in [1.54, 1.807) is 11.3 Å². The molecule has 0 saturated heterocycles. The van der Waals surface area contributed by atoms with Crippen molar-refractivity contribution in [3.8, 4) is 22.4 Å². The van der Waals surface area contributed by atoms with Crippen molar-refractivity contribution in [2.24, 2.45) is 0 Å². The van der Waals surface area contributed by atoms with Crippen molar-refractivity contribution >= 4 is 17.0 Å². The van der Waals surface area contributed by atoms with E-state index in [-0.39, 0.29) is 0 Å². The molecule has 3 heterocycles. The van der Waals surface area contributed by atoms with E-state index in [1.165, 1.54) is 0 Å². The summed E-state index contributed by atoms with van der Waals surface area (Å²) in [5.41, 5.74) is 4.82. The average molecular weight is 356 g/mol. The lowest BCUT2D eigenvalue weighted by Crippen LogP contribution is -1.95. The first kappa shape index (κ1) is 16.6. The highest BCUT2D eigenvalue weighted by atomic mass is 32.1. The monoisotopic (exact) mass is 356 g/mol. The van der Waals surface area contributed by atoms with Crippen LogP contribution < -0.4 is 0 Å². The summed E-state index contributed by atoms with van der Waals surface area (Å²) in [5, 5.41) is 2.07. The molecular formula is C22H18N3S. The fourth-order valence-corrected chi connectivity index (χ4v) is 3.51. The van der Waals surface area contributed by atoms with Crippen LogP contribution in [0.5, 0.6) is 0 Å². The van der Waals surface area contributed by atoms with Crippen molar-refractivity contribution in [2.75, 3.05) is 0 Å². The number of nitrogens with zero attached hydrogens (tertiary/aromatic N) is 3. The fraction of sp³-hybridized carbons (Fsp3) is 0.182. The van der Waals surface area contributed by atoms with Crippen molar-refractivity contribution in [3.63, 3.8) is 0 Å². The Labute approximate surface area is 157 Å². The van der Waals surface area contributed by atoms with E-state index in [2.05, 4.69) is 41.4 Å². The number of aromatic nitrogens is 3. The number of rotatable bonds is 4. The van der Waals surface area contributed by atoms with Crippen LogP contribution in [0, 0.1) is 18.0 Å². The Hall–Kier alpha value is -2.90. The largest absolute Gasteiger partial charge is 0.295 e. The molecule has 0 aliphatic rings. The van der Waals surface area contributed by atoms with Crippen molar-refractivity contribution in [1.29, 1.82) is 0 Å². The van der Waals surface area contributed by atoms with E-state index >= 15 is 0 Å². The number of aryl methyl sites for hydroxylation is 1. The number of hydrogen-bond acceptors (Lipinski definition) is 3. The zero-order chi connectivity index (χ0) is 17.8. The first-order valence-electron chi connectivity index (χ1n) is 8.74. The van der Waals surface area contributed by atoms with Crippen LogP contribution >= 0.6 is 11.3 Å². The molecule has 4 heteroatoms. The molecular weight excluding hydrogens is 338 g/mol. The third kappa shape index (κ3) is 3.54. The first-order chi connectivity index (χ1) is 12.8. The van der Waals surface area contributed by atoms with Crippen molar-refractivity contribution < 1.29 is 0 Å². The van der Waals surface area contributed by atoms with Gasteiger partial charge in [0.15, 0.2) is 5.65 Å². The van der Waals surface area contributed by atoms with Gasteiger partial charge in [0.05, 0.1) is 10.6 Å². The summed E-state index contributed by atoms with van der Waals surface area (Å²) in [5.74, 6) is 6.42. The Bertz CT molecular complexity index is 1080. The molecule has 1 radical (unpaired) electrons. The summed E-state index contributed by atoms with van der Waals surface area (Å²) >= 11 is 1.65. The highest BCUT2D eigenvalue weighted by Gasteiger charge is 2.11. The maximum atomic E-state index is 4.77. The van der Waals surface area contributed by atoms with Gasteiger partial charge in [0.2, 0.25) is 0 Å². The molecule has 3 aromatic heterocycles. The van der Waals surface area contributed by atoms with Gasteiger partial charge >= 0.3 is 0 Å². The van der Waals surface area contributed by atoms with Crippen molar-refractivity contribution in [3.05, 3.63) is 77.2 Å². The van der Waals surface area contributed by atoms with Crippen LogP contribution in [-0.2, 0) is 6.42 Å². The lowest BCUT2D eigenvalue weighted by molar-refractivity contribution is 0.775. The van der Waals surface area contributed by atoms with Crippen LogP contribution in [0.2, 0.25) is 0 Å². The molecule has 1 aromatic carbocycles. The van der Waals surface area contributed by atoms with E-state index in [9.17, 15) is 0 Å². The van der Waals surface area contributed by atoms with Crippen LogP contribution in [0.15, 0.2) is 54.2 Å². The van der Waals surface area contributed by atoms with E-state index in [0.717, 1.165) is 52.3 Å². The van der Waals surface area contributed by atoms with Gasteiger partial charge in [-0.15, -0.1) is 11.3 Å². The zero-order valence-electron chi connectivity index (χ0n) is 14.6. The topological polar surface area (TPSA) is 30.2 Å². The van der Waals surface area contributed by atoms with E-state index in [1.807, 2.05) is 47.1 Å². The SMILES string of the molecule is CCCCc1nccn2[c]c(-c3cc(C#Cc4ccccc4)cs3)nc12. The molecule has 4 rings (SSSR count). The minimum Gasteiger partial charge on any atom is -0.295 e. The molecule has 0 bridgehead atoms. The minimum absolute atomic E-state index is 0.855. The second kappa shape index (κ2) is 7.55. The van der Waals surface area contributed by atoms with Gasteiger partial charge in [-0.3, -0.25) is 9.38 Å². The standard InChI is InChI=1S/C22H18N3S/c1-2-3-9-19-22-24-20(15-25(22)13-12-23-19)21-14-18(16-26-21)11-10-17-7-5-4-6-8-17/h4-8,12-14,16H,2-3,9H2,1H3. The third-order valence-electron chi connectivity index (χ3n) is 4.10. The van der Waals surface area contributed by atoms with Gasteiger partial charge in [-0.05, 0) is 31.0 Å². The van der Waals surface area contributed by atoms with Crippen LogP contribution in [0.1, 0.15) is 36.6 Å². The zero-order valence-corrected chi connectivity index (χ0v) is 15.4. The maximum absolute atomic E-state index is 4.77. The molecule has 0 amide bonds.